The van der Waals surface area contributed by atoms with E-state index >= 15 is 0 Å². The van der Waals surface area contributed by atoms with Crippen LogP contribution in [0.5, 0.6) is 11.5 Å². The molecule has 0 fully saturated rings. The van der Waals surface area contributed by atoms with Crippen molar-refractivity contribution >= 4 is 23.2 Å². The van der Waals surface area contributed by atoms with Crippen LogP contribution in [-0.4, -0.2) is 34.1 Å². The number of hydrogen-bond acceptors (Lipinski definition) is 5. The van der Waals surface area contributed by atoms with E-state index in [1.807, 2.05) is 62.3 Å². The number of allylic oxidation sites excluding steroid dienone is 1. The number of anilines is 2. The monoisotopic (exact) mass is 368 g/mol. The van der Waals surface area contributed by atoms with Gasteiger partial charge >= 0.3 is 0 Å². The minimum atomic E-state index is -0.0290. The summed E-state index contributed by atoms with van der Waals surface area (Å²) in [6, 6.07) is 11.0. The zero-order valence-corrected chi connectivity index (χ0v) is 16.7. The summed E-state index contributed by atoms with van der Waals surface area (Å²) in [5, 5.41) is 0. The molecule has 2 rings (SSSR count). The Balaban J connectivity index is 2.46. The molecule has 0 aromatic heterocycles. The van der Waals surface area contributed by atoms with Gasteiger partial charge in [-0.25, -0.2) is 0 Å². The van der Waals surface area contributed by atoms with Gasteiger partial charge in [-0.2, -0.15) is 0 Å². The van der Waals surface area contributed by atoms with Crippen LogP contribution in [0.4, 0.5) is 11.4 Å². The van der Waals surface area contributed by atoms with Gasteiger partial charge in [-0.05, 0) is 48.9 Å². The van der Waals surface area contributed by atoms with Crippen LogP contribution in [0.2, 0.25) is 0 Å². The number of ketones is 1. The molecular weight excluding hydrogens is 340 g/mol. The molecule has 0 radical (unpaired) electrons. The Morgan fingerprint density at radius 3 is 2.41 bits per heavy atom. The molecule has 0 aliphatic heterocycles. The summed E-state index contributed by atoms with van der Waals surface area (Å²) >= 11 is 0. The van der Waals surface area contributed by atoms with Gasteiger partial charge in [0.25, 0.3) is 0 Å². The molecule has 0 unspecified atom stereocenters. The lowest BCUT2D eigenvalue weighted by Crippen LogP contribution is -2.12. The fraction of sp³-hybridized carbons (Fsp3) is 0.318. The fourth-order valence-electron chi connectivity index (χ4n) is 2.95. The SMILES string of the molecule is CCCC(=Cc1cc(OC)ccc1OC)C(=O)c1ccc(N(C)C)c(N)c1. The Bertz CT molecular complexity index is 841. The van der Waals surface area contributed by atoms with Crippen molar-refractivity contribution in [3.63, 3.8) is 0 Å². The van der Waals surface area contributed by atoms with Crippen molar-refractivity contribution in [2.45, 2.75) is 19.8 Å². The standard InChI is InChI=1S/C22H28N2O3/c1-6-7-15(12-17-13-18(26-4)9-11-21(17)27-5)22(25)16-8-10-20(24(2)3)19(23)14-16/h8-14H,6-7,23H2,1-5H3. The molecule has 0 atom stereocenters. The maximum Gasteiger partial charge on any atom is 0.189 e. The summed E-state index contributed by atoms with van der Waals surface area (Å²) in [6.07, 6.45) is 3.40. The zero-order valence-electron chi connectivity index (χ0n) is 16.7. The molecule has 2 aromatic carbocycles. The Labute approximate surface area is 161 Å². The summed E-state index contributed by atoms with van der Waals surface area (Å²) in [5.41, 5.74) is 9.70. The van der Waals surface area contributed by atoms with Gasteiger partial charge in [0.05, 0.1) is 25.6 Å². The second-order valence-corrected chi connectivity index (χ2v) is 6.52. The van der Waals surface area contributed by atoms with E-state index in [9.17, 15) is 4.79 Å². The number of benzene rings is 2. The summed E-state index contributed by atoms with van der Waals surface area (Å²) < 4.78 is 10.7. The molecule has 27 heavy (non-hydrogen) atoms. The zero-order chi connectivity index (χ0) is 20.0. The Kier molecular flexibility index (Phi) is 6.88. The van der Waals surface area contributed by atoms with E-state index in [4.69, 9.17) is 15.2 Å². The maximum atomic E-state index is 13.1. The van der Waals surface area contributed by atoms with Gasteiger partial charge in [0.15, 0.2) is 5.78 Å². The third kappa shape index (κ3) is 4.82. The molecule has 5 nitrogen and oxygen atoms in total. The molecular formula is C22H28N2O3. The van der Waals surface area contributed by atoms with Crippen molar-refractivity contribution in [2.75, 3.05) is 38.9 Å². The number of nitrogen functional groups attached to an aromatic ring is 1. The van der Waals surface area contributed by atoms with Crippen LogP contribution in [0, 0.1) is 0 Å². The van der Waals surface area contributed by atoms with E-state index < -0.39 is 0 Å². The Morgan fingerprint density at radius 2 is 1.85 bits per heavy atom. The largest absolute Gasteiger partial charge is 0.497 e. The molecule has 2 aromatic rings. The summed E-state index contributed by atoms with van der Waals surface area (Å²) in [6.45, 7) is 2.05. The molecule has 2 N–H and O–H groups in total. The molecule has 0 aliphatic rings. The van der Waals surface area contributed by atoms with Crippen molar-refractivity contribution in [3.05, 3.63) is 53.1 Å². The number of Topliss-reactive ketones (excluding diaryl/α,β-unsaturated/α-hetero) is 1. The molecule has 0 bridgehead atoms. The first-order valence-electron chi connectivity index (χ1n) is 8.95. The Hall–Kier alpha value is -2.95. The third-order valence-electron chi connectivity index (χ3n) is 4.35. The van der Waals surface area contributed by atoms with Gasteiger partial charge < -0.3 is 20.1 Å². The van der Waals surface area contributed by atoms with Crippen molar-refractivity contribution in [1.82, 2.24) is 0 Å². The highest BCUT2D eigenvalue weighted by molar-refractivity contribution is 6.12. The van der Waals surface area contributed by atoms with Crippen LogP contribution in [0.25, 0.3) is 6.08 Å². The first kappa shape index (κ1) is 20.4. The number of carbonyl (C=O) groups excluding carboxylic acids is 1. The van der Waals surface area contributed by atoms with Crippen LogP contribution >= 0.6 is 0 Å². The van der Waals surface area contributed by atoms with Crippen LogP contribution in [-0.2, 0) is 0 Å². The average Bonchev–Trinajstić information content (AvgIpc) is 2.66. The lowest BCUT2D eigenvalue weighted by molar-refractivity contribution is 0.103. The Morgan fingerprint density at radius 1 is 1.11 bits per heavy atom. The number of ether oxygens (including phenoxy) is 2. The fourth-order valence-corrected chi connectivity index (χ4v) is 2.95. The maximum absolute atomic E-state index is 13.1. The van der Waals surface area contributed by atoms with Gasteiger partial charge in [0.2, 0.25) is 0 Å². The summed E-state index contributed by atoms with van der Waals surface area (Å²) in [5.74, 6) is 1.38. The van der Waals surface area contributed by atoms with Gasteiger partial charge in [-0.1, -0.05) is 13.3 Å². The molecule has 0 saturated carbocycles. The van der Waals surface area contributed by atoms with Crippen molar-refractivity contribution in [3.8, 4) is 11.5 Å². The van der Waals surface area contributed by atoms with E-state index in [1.54, 1.807) is 20.3 Å². The molecule has 0 saturated heterocycles. The van der Waals surface area contributed by atoms with E-state index in [0.717, 1.165) is 17.7 Å². The highest BCUT2D eigenvalue weighted by atomic mass is 16.5. The van der Waals surface area contributed by atoms with Gasteiger partial charge in [-0.3, -0.25) is 4.79 Å². The summed E-state index contributed by atoms with van der Waals surface area (Å²) in [4.78, 5) is 15.0. The predicted octanol–water partition coefficient (Wildman–Crippen LogP) is 4.42. The van der Waals surface area contributed by atoms with E-state index in [0.29, 0.717) is 34.7 Å². The van der Waals surface area contributed by atoms with Gasteiger partial charge in [0.1, 0.15) is 11.5 Å². The predicted molar refractivity (Wildman–Crippen MR) is 112 cm³/mol. The van der Waals surface area contributed by atoms with Gasteiger partial charge in [0, 0.05) is 30.8 Å². The van der Waals surface area contributed by atoms with Crippen molar-refractivity contribution < 1.29 is 14.3 Å². The highest BCUT2D eigenvalue weighted by Gasteiger charge is 2.15. The number of nitrogens with two attached hydrogens (primary N) is 1. The molecule has 0 spiro atoms. The average molecular weight is 368 g/mol. The van der Waals surface area contributed by atoms with Crippen LogP contribution in [0.3, 0.4) is 0 Å². The molecule has 5 heteroatoms. The van der Waals surface area contributed by atoms with Crippen molar-refractivity contribution in [2.24, 2.45) is 0 Å². The number of hydrogen-bond donors (Lipinski definition) is 1. The number of nitrogens with zero attached hydrogens (tertiary/aromatic N) is 1. The minimum Gasteiger partial charge on any atom is -0.497 e. The van der Waals surface area contributed by atoms with Gasteiger partial charge in [-0.15, -0.1) is 0 Å². The van der Waals surface area contributed by atoms with Crippen molar-refractivity contribution in [1.29, 1.82) is 0 Å². The number of carbonyl (C=O) groups is 1. The second-order valence-electron chi connectivity index (χ2n) is 6.52. The smallest absolute Gasteiger partial charge is 0.189 e. The quantitative estimate of drug-likeness (QED) is 0.424. The number of rotatable bonds is 8. The normalized spacial score (nSPS) is 11.2. The summed E-state index contributed by atoms with van der Waals surface area (Å²) in [7, 11) is 7.07. The van der Waals surface area contributed by atoms with E-state index in [1.165, 1.54) is 0 Å². The topological polar surface area (TPSA) is 64.8 Å². The minimum absolute atomic E-state index is 0.0290. The van der Waals surface area contributed by atoms with E-state index in [2.05, 4.69) is 0 Å². The highest BCUT2D eigenvalue weighted by Crippen LogP contribution is 2.29. The molecule has 0 aliphatic carbocycles. The molecule has 0 heterocycles. The molecule has 0 amide bonds. The van der Waals surface area contributed by atoms with Crippen LogP contribution in [0.15, 0.2) is 42.0 Å². The van der Waals surface area contributed by atoms with Crippen LogP contribution < -0.4 is 20.1 Å². The van der Waals surface area contributed by atoms with Crippen LogP contribution in [0.1, 0.15) is 35.7 Å². The number of methoxy groups -OCH3 is 2. The lowest BCUT2D eigenvalue weighted by atomic mass is 9.96. The third-order valence-corrected chi connectivity index (χ3v) is 4.35. The first-order chi connectivity index (χ1) is 12.9. The second kappa shape index (κ2) is 9.12. The lowest BCUT2D eigenvalue weighted by Gasteiger charge is -2.16. The first-order valence-corrected chi connectivity index (χ1v) is 8.95. The molecule has 144 valence electrons. The van der Waals surface area contributed by atoms with E-state index in [-0.39, 0.29) is 5.78 Å².